The summed E-state index contributed by atoms with van der Waals surface area (Å²) in [7, 11) is 3.37. The summed E-state index contributed by atoms with van der Waals surface area (Å²) in [6.45, 7) is 0.377. The fraction of sp³-hybridized carbons (Fsp3) is 0.278. The van der Waals surface area contributed by atoms with Crippen LogP contribution >= 0.6 is 24.4 Å². The van der Waals surface area contributed by atoms with Crippen molar-refractivity contribution in [2.75, 3.05) is 19.6 Å². The number of aromatic nitrogens is 1. The summed E-state index contributed by atoms with van der Waals surface area (Å²) in [5.41, 5.74) is 3.59. The van der Waals surface area contributed by atoms with Gasteiger partial charge in [-0.15, -0.1) is 11.8 Å². The van der Waals surface area contributed by atoms with E-state index in [0.717, 1.165) is 11.3 Å². The van der Waals surface area contributed by atoms with Crippen LogP contribution in [-0.4, -0.2) is 41.9 Å². The van der Waals surface area contributed by atoms with Crippen molar-refractivity contribution in [2.45, 2.75) is 6.54 Å². The first-order valence-electron chi connectivity index (χ1n) is 7.72. The second kappa shape index (κ2) is 11.4. The molecule has 0 bridgehead atoms. The number of carbonyl (C=O) groups is 1. The fourth-order valence-electron chi connectivity index (χ4n) is 2.28. The van der Waals surface area contributed by atoms with Crippen LogP contribution in [0.2, 0.25) is 0 Å². The molecule has 0 radical (unpaired) electrons. The van der Waals surface area contributed by atoms with Gasteiger partial charge >= 0.3 is 0 Å². The van der Waals surface area contributed by atoms with Gasteiger partial charge in [-0.2, -0.15) is 12.6 Å². The lowest BCUT2D eigenvalue weighted by Crippen LogP contribution is -2.26. The Bertz CT molecular complexity index is 773. The lowest BCUT2D eigenvalue weighted by atomic mass is 10.2. The number of benzene rings is 1. The molecular weight excluding hydrogens is 368 g/mol. The Labute approximate surface area is 164 Å². The number of rotatable bonds is 7. The smallest absolute Gasteiger partial charge is 0.268 e. The van der Waals surface area contributed by atoms with E-state index in [9.17, 15) is 4.79 Å². The van der Waals surface area contributed by atoms with Gasteiger partial charge in [0, 0.05) is 25.4 Å². The Morgan fingerprint density at radius 3 is 2.77 bits per heavy atom. The molecule has 0 aliphatic heterocycles. The minimum absolute atomic E-state index is 0.246. The third-order valence-corrected chi connectivity index (χ3v) is 3.80. The number of carbonyl (C=O) groups excluding carboxylic acids is 1. The minimum Gasteiger partial charge on any atom is -0.497 e. The van der Waals surface area contributed by atoms with Crippen LogP contribution in [0.4, 0.5) is 5.82 Å². The summed E-state index contributed by atoms with van der Waals surface area (Å²) in [5.74, 6) is 1.13. The molecule has 2 rings (SSSR count). The average molecular weight is 393 g/mol. The van der Waals surface area contributed by atoms with Crippen molar-refractivity contribution in [3.05, 3.63) is 47.2 Å². The lowest BCUT2D eigenvalue weighted by Gasteiger charge is -2.09. The molecule has 2 aromatic rings. The molecule has 0 saturated carbocycles. The zero-order valence-electron chi connectivity index (χ0n) is 15.3. The van der Waals surface area contributed by atoms with Crippen molar-refractivity contribution in [2.24, 2.45) is 12.0 Å². The van der Waals surface area contributed by atoms with Gasteiger partial charge in [-0.05, 0) is 36.3 Å². The van der Waals surface area contributed by atoms with Crippen molar-refractivity contribution in [1.29, 1.82) is 5.41 Å². The van der Waals surface area contributed by atoms with Crippen molar-refractivity contribution in [3.8, 4) is 5.75 Å². The number of thioether (sulfide) groups is 1. The molecule has 8 heteroatoms. The first kappa shape index (κ1) is 21.9. The largest absolute Gasteiger partial charge is 0.497 e. The molecule has 0 atom stereocenters. The maximum Gasteiger partial charge on any atom is 0.268 e. The monoisotopic (exact) mass is 392 g/mol. The summed E-state index contributed by atoms with van der Waals surface area (Å²) >= 11 is 5.00. The van der Waals surface area contributed by atoms with Crippen LogP contribution in [0, 0.1) is 5.41 Å². The van der Waals surface area contributed by atoms with Crippen LogP contribution in [0.3, 0.4) is 0 Å². The summed E-state index contributed by atoms with van der Waals surface area (Å²) in [6.07, 6.45) is 4.77. The van der Waals surface area contributed by atoms with E-state index in [0.29, 0.717) is 23.6 Å². The number of nitrogens with one attached hydrogen (secondary N) is 2. The lowest BCUT2D eigenvalue weighted by molar-refractivity contribution is 0.0942. The first-order chi connectivity index (χ1) is 12.6. The molecule has 0 saturated heterocycles. The van der Waals surface area contributed by atoms with E-state index in [1.54, 1.807) is 36.6 Å². The van der Waals surface area contributed by atoms with Gasteiger partial charge in [0.25, 0.3) is 5.91 Å². The summed E-state index contributed by atoms with van der Waals surface area (Å²) in [4.78, 5) is 16.8. The van der Waals surface area contributed by atoms with Crippen molar-refractivity contribution in [3.63, 3.8) is 0 Å². The molecule has 1 heterocycles. The van der Waals surface area contributed by atoms with Crippen LogP contribution in [0.5, 0.6) is 5.75 Å². The van der Waals surface area contributed by atoms with E-state index in [1.165, 1.54) is 18.0 Å². The van der Waals surface area contributed by atoms with Crippen LogP contribution in [0.1, 0.15) is 21.6 Å². The van der Waals surface area contributed by atoms with Gasteiger partial charge in [-0.3, -0.25) is 4.79 Å². The fourth-order valence-corrected chi connectivity index (χ4v) is 2.50. The predicted molar refractivity (Wildman–Crippen MR) is 114 cm³/mol. The molecule has 0 aliphatic carbocycles. The zero-order chi connectivity index (χ0) is 19.5. The van der Waals surface area contributed by atoms with Crippen LogP contribution in [0.15, 0.2) is 35.3 Å². The van der Waals surface area contributed by atoms with Crippen molar-refractivity contribution < 1.29 is 9.53 Å². The van der Waals surface area contributed by atoms with Crippen molar-refractivity contribution in [1.82, 2.24) is 9.88 Å². The number of amides is 1. The number of thiol groups is 1. The van der Waals surface area contributed by atoms with E-state index >= 15 is 0 Å². The quantitative estimate of drug-likeness (QED) is 0.383. The van der Waals surface area contributed by atoms with Gasteiger partial charge in [0.1, 0.15) is 17.3 Å². The van der Waals surface area contributed by atoms with Gasteiger partial charge in [0.05, 0.1) is 12.7 Å². The van der Waals surface area contributed by atoms with Crippen LogP contribution in [0.25, 0.3) is 0 Å². The molecule has 6 nitrogen and oxygen atoms in total. The number of hydrogen-bond donors (Lipinski definition) is 3. The van der Waals surface area contributed by atoms with Gasteiger partial charge < -0.3 is 20.0 Å². The Morgan fingerprint density at radius 1 is 1.42 bits per heavy atom. The van der Waals surface area contributed by atoms with Crippen molar-refractivity contribution >= 4 is 47.9 Å². The Kier molecular flexibility index (Phi) is 9.61. The summed E-state index contributed by atoms with van der Waals surface area (Å²) in [6, 6.07) is 9.24. The number of hydrogen-bond acceptors (Lipinski definition) is 6. The average Bonchev–Trinajstić information content (AvgIpc) is 3.01. The molecule has 0 aliphatic rings. The number of aliphatic imine (C=N–C) groups is 1. The van der Waals surface area contributed by atoms with E-state index in [4.69, 9.17) is 10.1 Å². The topological polar surface area (TPSA) is 79.5 Å². The molecule has 0 unspecified atom stereocenters. The van der Waals surface area contributed by atoms with Crippen LogP contribution < -0.4 is 10.1 Å². The molecule has 1 amide bonds. The second-order valence-corrected chi connectivity index (χ2v) is 5.70. The molecular formula is C18H24N4O2S2. The molecule has 2 N–H and O–H groups in total. The van der Waals surface area contributed by atoms with Gasteiger partial charge in [-0.1, -0.05) is 12.1 Å². The highest BCUT2D eigenvalue weighted by Gasteiger charge is 2.17. The summed E-state index contributed by atoms with van der Waals surface area (Å²) in [5, 5.41) is 10.4. The highest BCUT2D eigenvalue weighted by molar-refractivity contribution is 8.11. The third kappa shape index (κ3) is 5.67. The van der Waals surface area contributed by atoms with Gasteiger partial charge in [0.2, 0.25) is 0 Å². The predicted octanol–water partition coefficient (Wildman–Crippen LogP) is 3.53. The highest BCUT2D eigenvalue weighted by Crippen LogP contribution is 2.21. The molecule has 0 fully saturated rings. The Balaban J connectivity index is 0.00000163. The zero-order valence-corrected chi connectivity index (χ0v) is 17.0. The standard InChI is InChI=1S/C17H20N4O2S.CH4S/c1-21-15(20-11-24-3)8-13(9-18)16(21)17(22)19-10-12-5-4-6-14(7-12)23-2;1-2/h4-9,11,18H,10H2,1-3H3,(H,19,22);2H,1H3/b18-9?,20-11-;. The molecule has 0 spiro atoms. The third-order valence-electron chi connectivity index (χ3n) is 3.49. The number of methoxy groups -OCH3 is 1. The second-order valence-electron chi connectivity index (χ2n) is 5.01. The Morgan fingerprint density at radius 2 is 2.15 bits per heavy atom. The number of ether oxygens (including phenoxy) is 1. The minimum atomic E-state index is -0.246. The van der Waals surface area contributed by atoms with Gasteiger partial charge in [0.15, 0.2) is 0 Å². The highest BCUT2D eigenvalue weighted by atomic mass is 32.2. The molecule has 140 valence electrons. The molecule has 1 aromatic carbocycles. The van der Waals surface area contributed by atoms with E-state index < -0.39 is 0 Å². The maximum atomic E-state index is 12.5. The van der Waals surface area contributed by atoms with Crippen LogP contribution in [-0.2, 0) is 13.6 Å². The maximum absolute atomic E-state index is 12.5. The number of nitrogens with zero attached hydrogens (tertiary/aromatic N) is 2. The SMILES string of the molecule is COc1cccc(CNC(=O)c2c(C=N)cc(/N=C\SC)n2C)c1.CS. The first-order valence-corrected chi connectivity index (χ1v) is 9.90. The van der Waals surface area contributed by atoms with Gasteiger partial charge in [-0.25, -0.2) is 4.99 Å². The summed E-state index contributed by atoms with van der Waals surface area (Å²) < 4.78 is 6.87. The molecule has 26 heavy (non-hydrogen) atoms. The van der Waals surface area contributed by atoms with E-state index in [-0.39, 0.29) is 5.91 Å². The molecule has 1 aromatic heterocycles. The Hall–Kier alpha value is -2.19. The normalized spacial score (nSPS) is 10.2. The van der Waals surface area contributed by atoms with E-state index in [1.807, 2.05) is 30.5 Å². The van der Waals surface area contributed by atoms with E-state index in [2.05, 4.69) is 22.9 Å².